The Morgan fingerprint density at radius 1 is 1.41 bits per heavy atom. The number of morpholine rings is 1. The summed E-state index contributed by atoms with van der Waals surface area (Å²) in [5.74, 6) is 1.66. The molecule has 1 aliphatic heterocycles. The lowest BCUT2D eigenvalue weighted by atomic mass is 10.3. The standard InChI is InChI=1S/C14H14N4O3S/c1-2-10(19-5-1)13-16-12(21-17-13)9-18-4-6-20-11(8-18)14-15-3-7-22-14/h1-3,5,7,11H,4,6,8-9H2/t11-/m1/s1. The van der Waals surface area contributed by atoms with Gasteiger partial charge in [0.1, 0.15) is 11.1 Å². The van der Waals surface area contributed by atoms with Crippen molar-refractivity contribution in [2.75, 3.05) is 19.7 Å². The minimum atomic E-state index is 0.0150. The highest BCUT2D eigenvalue weighted by molar-refractivity contribution is 7.09. The Morgan fingerprint density at radius 3 is 3.23 bits per heavy atom. The topological polar surface area (TPSA) is 77.4 Å². The molecule has 1 fully saturated rings. The lowest BCUT2D eigenvalue weighted by molar-refractivity contribution is -0.0356. The van der Waals surface area contributed by atoms with E-state index in [9.17, 15) is 0 Å². The van der Waals surface area contributed by atoms with Gasteiger partial charge in [0, 0.05) is 24.7 Å². The Hall–Kier alpha value is -2.03. The first kappa shape index (κ1) is 13.6. The second kappa shape index (κ2) is 5.99. The third-order valence-electron chi connectivity index (χ3n) is 3.45. The summed E-state index contributed by atoms with van der Waals surface area (Å²) in [6.45, 7) is 2.87. The van der Waals surface area contributed by atoms with Crippen LogP contribution in [0.5, 0.6) is 0 Å². The number of rotatable bonds is 4. The largest absolute Gasteiger partial charge is 0.461 e. The van der Waals surface area contributed by atoms with Gasteiger partial charge in [-0.3, -0.25) is 4.90 Å². The third kappa shape index (κ3) is 2.80. The summed E-state index contributed by atoms with van der Waals surface area (Å²) >= 11 is 1.61. The van der Waals surface area contributed by atoms with E-state index in [4.69, 9.17) is 13.7 Å². The van der Waals surface area contributed by atoms with Gasteiger partial charge >= 0.3 is 0 Å². The van der Waals surface area contributed by atoms with Crippen LogP contribution in [0.25, 0.3) is 11.6 Å². The molecule has 7 nitrogen and oxygen atoms in total. The Labute approximate surface area is 130 Å². The second-order valence-electron chi connectivity index (χ2n) is 4.95. The first-order chi connectivity index (χ1) is 10.9. The van der Waals surface area contributed by atoms with E-state index < -0.39 is 0 Å². The average Bonchev–Trinajstić information content (AvgIpc) is 3.29. The SMILES string of the molecule is c1coc(-c2noc(CN3CCO[C@@H](c4nccs4)C3)n2)c1. The Bertz CT molecular complexity index is 710. The van der Waals surface area contributed by atoms with Crippen molar-refractivity contribution in [2.24, 2.45) is 0 Å². The summed E-state index contributed by atoms with van der Waals surface area (Å²) < 4.78 is 16.3. The normalized spacial score (nSPS) is 19.5. The number of thiazole rings is 1. The van der Waals surface area contributed by atoms with Crippen LogP contribution < -0.4 is 0 Å². The zero-order valence-electron chi connectivity index (χ0n) is 11.7. The number of nitrogens with zero attached hydrogens (tertiary/aromatic N) is 4. The van der Waals surface area contributed by atoms with Crippen molar-refractivity contribution >= 4 is 11.3 Å². The molecule has 1 aliphatic rings. The molecule has 3 aromatic rings. The third-order valence-corrected chi connectivity index (χ3v) is 4.31. The highest BCUT2D eigenvalue weighted by Gasteiger charge is 2.25. The Balaban J connectivity index is 1.43. The van der Waals surface area contributed by atoms with Gasteiger partial charge < -0.3 is 13.7 Å². The van der Waals surface area contributed by atoms with Gasteiger partial charge in [0.25, 0.3) is 0 Å². The molecular formula is C14H14N4O3S. The predicted molar refractivity (Wildman–Crippen MR) is 78.1 cm³/mol. The first-order valence-corrected chi connectivity index (χ1v) is 7.86. The highest BCUT2D eigenvalue weighted by atomic mass is 32.1. The van der Waals surface area contributed by atoms with E-state index in [2.05, 4.69) is 20.0 Å². The molecule has 1 atom stereocenters. The van der Waals surface area contributed by atoms with Crippen LogP contribution in [0.3, 0.4) is 0 Å². The summed E-state index contributed by atoms with van der Waals surface area (Å²) in [7, 11) is 0. The van der Waals surface area contributed by atoms with Gasteiger partial charge in [-0.2, -0.15) is 4.98 Å². The van der Waals surface area contributed by atoms with E-state index in [0.29, 0.717) is 30.6 Å². The van der Waals surface area contributed by atoms with Crippen LogP contribution in [-0.4, -0.2) is 39.7 Å². The molecule has 0 unspecified atom stereocenters. The highest BCUT2D eigenvalue weighted by Crippen LogP contribution is 2.25. The maximum absolute atomic E-state index is 5.78. The second-order valence-corrected chi connectivity index (χ2v) is 5.88. The molecule has 0 N–H and O–H groups in total. The molecule has 0 radical (unpaired) electrons. The van der Waals surface area contributed by atoms with Crippen LogP contribution in [0.1, 0.15) is 17.0 Å². The average molecular weight is 318 g/mol. The first-order valence-electron chi connectivity index (χ1n) is 6.98. The molecule has 0 aliphatic carbocycles. The van der Waals surface area contributed by atoms with E-state index in [1.807, 2.05) is 11.4 Å². The molecule has 0 saturated carbocycles. The molecule has 114 valence electrons. The minimum absolute atomic E-state index is 0.0150. The fraction of sp³-hybridized carbons (Fsp3) is 0.357. The monoisotopic (exact) mass is 318 g/mol. The van der Waals surface area contributed by atoms with Crippen LogP contribution in [0, 0.1) is 0 Å². The molecule has 4 heterocycles. The van der Waals surface area contributed by atoms with Gasteiger partial charge in [-0.15, -0.1) is 11.3 Å². The summed E-state index contributed by atoms with van der Waals surface area (Å²) in [5, 5.41) is 6.91. The number of furan rings is 1. The van der Waals surface area contributed by atoms with Crippen LogP contribution >= 0.6 is 11.3 Å². The van der Waals surface area contributed by atoms with Crippen LogP contribution in [0.2, 0.25) is 0 Å². The molecule has 1 saturated heterocycles. The summed E-state index contributed by atoms with van der Waals surface area (Å²) in [6, 6.07) is 3.60. The van der Waals surface area contributed by atoms with E-state index in [1.54, 1.807) is 29.9 Å². The van der Waals surface area contributed by atoms with Crippen molar-refractivity contribution in [2.45, 2.75) is 12.6 Å². The molecule has 0 spiro atoms. The minimum Gasteiger partial charge on any atom is -0.461 e. The fourth-order valence-electron chi connectivity index (χ4n) is 2.41. The zero-order chi connectivity index (χ0) is 14.8. The molecule has 22 heavy (non-hydrogen) atoms. The fourth-order valence-corrected chi connectivity index (χ4v) is 3.08. The Kier molecular flexibility index (Phi) is 3.71. The smallest absolute Gasteiger partial charge is 0.241 e. The van der Waals surface area contributed by atoms with Gasteiger partial charge in [0.05, 0.1) is 19.4 Å². The van der Waals surface area contributed by atoms with Crippen LogP contribution in [0.15, 0.2) is 38.9 Å². The summed E-state index contributed by atoms with van der Waals surface area (Å²) in [6.07, 6.45) is 3.41. The van der Waals surface area contributed by atoms with Crippen molar-refractivity contribution in [1.82, 2.24) is 20.0 Å². The zero-order valence-corrected chi connectivity index (χ0v) is 12.5. The maximum atomic E-state index is 5.78. The van der Waals surface area contributed by atoms with E-state index in [-0.39, 0.29) is 6.10 Å². The van der Waals surface area contributed by atoms with Gasteiger partial charge in [0.2, 0.25) is 11.7 Å². The molecular weight excluding hydrogens is 304 g/mol. The molecule has 0 aromatic carbocycles. The lowest BCUT2D eigenvalue weighted by Gasteiger charge is -2.30. The van der Waals surface area contributed by atoms with Crippen molar-refractivity contribution in [3.63, 3.8) is 0 Å². The van der Waals surface area contributed by atoms with Gasteiger partial charge in [0.15, 0.2) is 5.76 Å². The summed E-state index contributed by atoms with van der Waals surface area (Å²) in [5.41, 5.74) is 0. The number of ether oxygens (including phenoxy) is 1. The quantitative estimate of drug-likeness (QED) is 0.730. The number of hydrogen-bond acceptors (Lipinski definition) is 8. The predicted octanol–water partition coefficient (Wildman–Crippen LogP) is 2.36. The van der Waals surface area contributed by atoms with Gasteiger partial charge in [-0.25, -0.2) is 4.98 Å². The summed E-state index contributed by atoms with van der Waals surface area (Å²) in [4.78, 5) is 10.9. The number of hydrogen-bond donors (Lipinski definition) is 0. The van der Waals surface area contributed by atoms with E-state index in [1.165, 1.54) is 0 Å². The Morgan fingerprint density at radius 2 is 2.41 bits per heavy atom. The number of aromatic nitrogens is 3. The van der Waals surface area contributed by atoms with Crippen molar-refractivity contribution in [3.05, 3.63) is 40.9 Å². The molecule has 3 aromatic heterocycles. The van der Waals surface area contributed by atoms with Crippen molar-refractivity contribution in [3.8, 4) is 11.6 Å². The molecule has 4 rings (SSSR count). The molecule has 0 bridgehead atoms. The van der Waals surface area contributed by atoms with Crippen molar-refractivity contribution in [1.29, 1.82) is 0 Å². The lowest BCUT2D eigenvalue weighted by Crippen LogP contribution is -2.37. The van der Waals surface area contributed by atoms with E-state index in [0.717, 1.165) is 18.1 Å². The molecule has 0 amide bonds. The van der Waals surface area contributed by atoms with E-state index >= 15 is 0 Å². The van der Waals surface area contributed by atoms with Crippen molar-refractivity contribution < 1.29 is 13.7 Å². The van der Waals surface area contributed by atoms with Crippen LogP contribution in [-0.2, 0) is 11.3 Å². The van der Waals surface area contributed by atoms with Gasteiger partial charge in [-0.1, -0.05) is 5.16 Å². The maximum Gasteiger partial charge on any atom is 0.241 e. The van der Waals surface area contributed by atoms with Crippen LogP contribution in [0.4, 0.5) is 0 Å². The van der Waals surface area contributed by atoms with Gasteiger partial charge in [-0.05, 0) is 12.1 Å². The molecule has 8 heteroatoms.